The van der Waals surface area contributed by atoms with Gasteiger partial charge in [0.15, 0.2) is 5.78 Å². The van der Waals surface area contributed by atoms with Crippen LogP contribution in [0.5, 0.6) is 5.75 Å². The van der Waals surface area contributed by atoms with Gasteiger partial charge in [-0.15, -0.1) is 0 Å². The van der Waals surface area contributed by atoms with Gasteiger partial charge in [0.05, 0.1) is 18.7 Å². The van der Waals surface area contributed by atoms with Crippen molar-refractivity contribution in [3.63, 3.8) is 0 Å². The molecule has 9 heteroatoms. The number of nitrogens with zero attached hydrogens (tertiary/aromatic N) is 2. The summed E-state index contributed by atoms with van der Waals surface area (Å²) in [6.07, 6.45) is 0.689. The fraction of sp³-hybridized carbons (Fsp3) is 0.526. The topological polar surface area (TPSA) is 113 Å². The highest BCUT2D eigenvalue weighted by Crippen LogP contribution is 2.36. The van der Waals surface area contributed by atoms with Crippen LogP contribution >= 0.6 is 0 Å². The van der Waals surface area contributed by atoms with E-state index >= 15 is 0 Å². The molecule has 1 aromatic rings. The van der Waals surface area contributed by atoms with Crippen molar-refractivity contribution >= 4 is 24.6 Å². The van der Waals surface area contributed by atoms with Gasteiger partial charge in [-0.2, -0.15) is 0 Å². The van der Waals surface area contributed by atoms with Crippen molar-refractivity contribution in [3.05, 3.63) is 29.3 Å². The molecule has 0 unspecified atom stereocenters. The summed E-state index contributed by atoms with van der Waals surface area (Å²) in [5, 5.41) is 10.3. The number of piperazine rings is 1. The number of rotatable bonds is 6. The van der Waals surface area contributed by atoms with E-state index in [-0.39, 0.29) is 42.8 Å². The molecule has 1 amide bonds. The standard InChI is InChI=1S/C19H26BN3O5/c1-13(24)17-4-2-3-14-9-15(20(27)28-19(14)17)10-16(25)12-22-5-7-23(8-6-22)18(26)11-21/h2-4,15,27H,5-12,21H2,1H3/t15-/m1/s1. The molecule has 2 aliphatic heterocycles. The molecule has 0 bridgehead atoms. The average molecular weight is 387 g/mol. The van der Waals surface area contributed by atoms with E-state index in [4.69, 9.17) is 10.4 Å². The molecule has 28 heavy (non-hydrogen) atoms. The van der Waals surface area contributed by atoms with Crippen LogP contribution in [0.3, 0.4) is 0 Å². The number of Topliss-reactive ketones (excluding diaryl/α,β-unsaturated/α-hetero) is 2. The summed E-state index contributed by atoms with van der Waals surface area (Å²) in [6.45, 7) is 4.15. The van der Waals surface area contributed by atoms with Crippen LogP contribution in [0, 0.1) is 0 Å². The van der Waals surface area contributed by atoms with Crippen LogP contribution in [0.15, 0.2) is 18.2 Å². The lowest BCUT2D eigenvalue weighted by Crippen LogP contribution is -2.51. The van der Waals surface area contributed by atoms with Gasteiger partial charge in [-0.1, -0.05) is 12.1 Å². The number of ketones is 2. The van der Waals surface area contributed by atoms with Crippen LogP contribution < -0.4 is 10.4 Å². The predicted molar refractivity (Wildman–Crippen MR) is 104 cm³/mol. The fourth-order valence-corrected chi connectivity index (χ4v) is 3.83. The van der Waals surface area contributed by atoms with E-state index in [1.54, 1.807) is 17.0 Å². The first-order chi connectivity index (χ1) is 13.4. The predicted octanol–water partition coefficient (Wildman–Crippen LogP) is -0.263. The summed E-state index contributed by atoms with van der Waals surface area (Å²) in [7, 11) is -1.11. The second-order valence-electron chi connectivity index (χ2n) is 7.43. The maximum Gasteiger partial charge on any atom is 0.526 e. The largest absolute Gasteiger partial charge is 0.535 e. The third kappa shape index (κ3) is 4.60. The van der Waals surface area contributed by atoms with E-state index in [2.05, 4.69) is 0 Å². The monoisotopic (exact) mass is 387 g/mol. The molecule has 8 nitrogen and oxygen atoms in total. The molecule has 1 atom stereocenters. The van der Waals surface area contributed by atoms with Gasteiger partial charge in [-0.3, -0.25) is 19.3 Å². The van der Waals surface area contributed by atoms with Crippen molar-refractivity contribution in [3.8, 4) is 5.75 Å². The Morgan fingerprint density at radius 1 is 1.25 bits per heavy atom. The minimum atomic E-state index is -1.11. The number of hydrogen-bond acceptors (Lipinski definition) is 7. The lowest BCUT2D eigenvalue weighted by molar-refractivity contribution is -0.131. The molecule has 3 N–H and O–H groups in total. The van der Waals surface area contributed by atoms with Gasteiger partial charge in [0.1, 0.15) is 11.5 Å². The Bertz CT molecular complexity index is 764. The van der Waals surface area contributed by atoms with Crippen molar-refractivity contribution in [2.24, 2.45) is 5.73 Å². The van der Waals surface area contributed by atoms with Gasteiger partial charge in [0.25, 0.3) is 0 Å². The highest BCUT2D eigenvalue weighted by molar-refractivity contribution is 6.47. The second-order valence-corrected chi connectivity index (χ2v) is 7.43. The van der Waals surface area contributed by atoms with Crippen LogP contribution in [0.4, 0.5) is 0 Å². The van der Waals surface area contributed by atoms with Gasteiger partial charge < -0.3 is 20.3 Å². The summed E-state index contributed by atoms with van der Waals surface area (Å²) < 4.78 is 5.59. The minimum absolute atomic E-state index is 0.00527. The van der Waals surface area contributed by atoms with Crippen molar-refractivity contribution in [2.75, 3.05) is 39.3 Å². The van der Waals surface area contributed by atoms with Gasteiger partial charge in [0.2, 0.25) is 5.91 Å². The molecule has 0 aliphatic carbocycles. The number of carbonyl (C=O) groups excluding carboxylic acids is 3. The van der Waals surface area contributed by atoms with Crippen LogP contribution in [0.2, 0.25) is 5.82 Å². The molecule has 3 rings (SSSR count). The first-order valence-electron chi connectivity index (χ1n) is 9.58. The van der Waals surface area contributed by atoms with Crippen molar-refractivity contribution in [1.29, 1.82) is 0 Å². The molecule has 2 aliphatic rings. The number of para-hydroxylation sites is 1. The Kier molecular flexibility index (Phi) is 6.48. The third-order valence-corrected chi connectivity index (χ3v) is 5.39. The number of benzene rings is 1. The smallest absolute Gasteiger partial charge is 0.526 e. The summed E-state index contributed by atoms with van der Waals surface area (Å²) in [4.78, 5) is 39.6. The summed E-state index contributed by atoms with van der Waals surface area (Å²) in [6, 6.07) is 5.32. The maximum atomic E-state index is 12.5. The van der Waals surface area contributed by atoms with E-state index in [0.29, 0.717) is 43.9 Å². The Hall–Kier alpha value is -2.23. The van der Waals surface area contributed by atoms with E-state index in [1.165, 1.54) is 6.92 Å². The lowest BCUT2D eigenvalue weighted by Gasteiger charge is -2.34. The molecule has 1 aromatic carbocycles. The molecule has 2 heterocycles. The third-order valence-electron chi connectivity index (χ3n) is 5.39. The molecular formula is C19H26BN3O5. The zero-order valence-electron chi connectivity index (χ0n) is 16.1. The average Bonchev–Trinajstić information content (AvgIpc) is 2.68. The van der Waals surface area contributed by atoms with Crippen molar-refractivity contribution in [2.45, 2.75) is 25.6 Å². The van der Waals surface area contributed by atoms with Gasteiger partial charge >= 0.3 is 7.12 Å². The Balaban J connectivity index is 1.55. The lowest BCUT2D eigenvalue weighted by atomic mass is 9.64. The number of nitrogens with two attached hydrogens (primary N) is 1. The Labute approximate surface area is 164 Å². The molecular weight excluding hydrogens is 361 g/mol. The zero-order chi connectivity index (χ0) is 20.3. The Morgan fingerprint density at radius 2 is 1.96 bits per heavy atom. The number of hydrogen-bond donors (Lipinski definition) is 2. The van der Waals surface area contributed by atoms with Crippen LogP contribution in [0.25, 0.3) is 0 Å². The molecule has 0 aromatic heterocycles. The quantitative estimate of drug-likeness (QED) is 0.511. The first-order valence-corrected chi connectivity index (χ1v) is 9.58. The number of amides is 1. The minimum Gasteiger partial charge on any atom is -0.535 e. The molecule has 1 fully saturated rings. The Morgan fingerprint density at radius 3 is 2.61 bits per heavy atom. The molecule has 0 saturated carbocycles. The van der Waals surface area contributed by atoms with E-state index < -0.39 is 7.12 Å². The second kappa shape index (κ2) is 8.85. The summed E-state index contributed by atoms with van der Waals surface area (Å²) in [5.41, 5.74) is 6.67. The normalized spacial score (nSPS) is 19.8. The van der Waals surface area contributed by atoms with Crippen molar-refractivity contribution < 1.29 is 24.1 Å². The van der Waals surface area contributed by atoms with Crippen LogP contribution in [-0.4, -0.2) is 78.7 Å². The van der Waals surface area contributed by atoms with Crippen LogP contribution in [-0.2, 0) is 16.0 Å². The molecule has 150 valence electrons. The van der Waals surface area contributed by atoms with Crippen molar-refractivity contribution in [1.82, 2.24) is 9.80 Å². The molecule has 0 radical (unpaired) electrons. The highest BCUT2D eigenvalue weighted by atomic mass is 16.5. The van der Waals surface area contributed by atoms with E-state index in [0.717, 1.165) is 5.56 Å². The SMILES string of the molecule is CC(=O)c1cccc2c1OB(O)[C@@H](CC(=O)CN1CCN(C(=O)CN)CC1)C2. The summed E-state index contributed by atoms with van der Waals surface area (Å²) in [5.74, 6) is -0.0884. The van der Waals surface area contributed by atoms with Gasteiger partial charge in [-0.05, 0) is 25.0 Å². The molecule has 1 saturated heterocycles. The maximum absolute atomic E-state index is 12.5. The van der Waals surface area contributed by atoms with E-state index in [1.807, 2.05) is 11.0 Å². The van der Waals surface area contributed by atoms with Crippen LogP contribution in [0.1, 0.15) is 29.3 Å². The van der Waals surface area contributed by atoms with Gasteiger partial charge in [-0.25, -0.2) is 0 Å². The molecule has 0 spiro atoms. The highest BCUT2D eigenvalue weighted by Gasteiger charge is 2.37. The number of carbonyl (C=O) groups is 3. The fourth-order valence-electron chi connectivity index (χ4n) is 3.83. The summed E-state index contributed by atoms with van der Waals surface area (Å²) >= 11 is 0. The zero-order valence-corrected chi connectivity index (χ0v) is 16.1. The van der Waals surface area contributed by atoms with E-state index in [9.17, 15) is 19.4 Å². The first kappa shape index (κ1) is 20.5. The van der Waals surface area contributed by atoms with Gasteiger partial charge in [0, 0.05) is 38.4 Å². The number of fused-ring (bicyclic) bond motifs is 1.